The molecule has 0 aliphatic carbocycles. The van der Waals surface area contributed by atoms with Gasteiger partial charge in [-0.2, -0.15) is 0 Å². The van der Waals surface area contributed by atoms with E-state index in [1.54, 1.807) is 18.2 Å². The van der Waals surface area contributed by atoms with Crippen LogP contribution in [-0.2, 0) is 16.0 Å². The minimum Gasteiger partial charge on any atom is -0.352 e. The van der Waals surface area contributed by atoms with Gasteiger partial charge in [-0.15, -0.1) is 0 Å². The molecule has 7 nitrogen and oxygen atoms in total. The predicted molar refractivity (Wildman–Crippen MR) is 127 cm³/mol. The summed E-state index contributed by atoms with van der Waals surface area (Å²) in [6.07, 6.45) is 2.40. The Hall–Kier alpha value is -3.35. The lowest BCUT2D eigenvalue weighted by molar-refractivity contribution is -0.124. The summed E-state index contributed by atoms with van der Waals surface area (Å²) in [5.41, 5.74) is 2.42. The minimum atomic E-state index is -0.691. The third-order valence-corrected chi connectivity index (χ3v) is 5.89. The molecule has 0 saturated carbocycles. The van der Waals surface area contributed by atoms with Crippen LogP contribution in [0.2, 0.25) is 0 Å². The summed E-state index contributed by atoms with van der Waals surface area (Å²) in [5.74, 6) is -0.532. The van der Waals surface area contributed by atoms with E-state index < -0.39 is 12.1 Å². The van der Waals surface area contributed by atoms with Crippen molar-refractivity contribution in [1.82, 2.24) is 10.6 Å². The Labute approximate surface area is 189 Å². The Morgan fingerprint density at radius 1 is 1.03 bits per heavy atom. The first kappa shape index (κ1) is 23.3. The zero-order chi connectivity index (χ0) is 23.1. The van der Waals surface area contributed by atoms with Crippen LogP contribution >= 0.6 is 0 Å². The zero-order valence-electron chi connectivity index (χ0n) is 18.9. The second kappa shape index (κ2) is 10.8. The average Bonchev–Trinajstić information content (AvgIpc) is 2.80. The monoisotopic (exact) mass is 436 g/mol. The first-order valence-corrected chi connectivity index (χ1v) is 11.2. The Balaban J connectivity index is 1.65. The molecule has 0 unspecified atom stereocenters. The van der Waals surface area contributed by atoms with Crippen molar-refractivity contribution in [2.75, 3.05) is 16.8 Å². The van der Waals surface area contributed by atoms with E-state index >= 15 is 0 Å². The van der Waals surface area contributed by atoms with Crippen LogP contribution in [0.3, 0.4) is 0 Å². The second-order valence-corrected chi connectivity index (χ2v) is 8.40. The van der Waals surface area contributed by atoms with E-state index in [2.05, 4.69) is 28.1 Å². The first-order valence-electron chi connectivity index (χ1n) is 11.2. The van der Waals surface area contributed by atoms with Crippen molar-refractivity contribution in [1.29, 1.82) is 0 Å². The molecule has 3 N–H and O–H groups in total. The van der Waals surface area contributed by atoms with E-state index in [9.17, 15) is 14.4 Å². The minimum absolute atomic E-state index is 0.0346. The second-order valence-electron chi connectivity index (χ2n) is 8.40. The largest absolute Gasteiger partial charge is 0.352 e. The Kier molecular flexibility index (Phi) is 7.87. The molecule has 1 aliphatic rings. The summed E-state index contributed by atoms with van der Waals surface area (Å²) in [6.45, 7) is 5.81. The van der Waals surface area contributed by atoms with Crippen LogP contribution in [0.1, 0.15) is 39.2 Å². The maximum Gasteiger partial charge on any atom is 0.323 e. The maximum atomic E-state index is 13.1. The van der Waals surface area contributed by atoms with E-state index in [1.165, 1.54) is 10.5 Å². The quantitative estimate of drug-likeness (QED) is 0.589. The summed E-state index contributed by atoms with van der Waals surface area (Å²) >= 11 is 0. The number of fused-ring (bicyclic) bond motifs is 1. The van der Waals surface area contributed by atoms with E-state index in [4.69, 9.17) is 0 Å². The molecule has 0 spiro atoms. The zero-order valence-corrected chi connectivity index (χ0v) is 18.9. The van der Waals surface area contributed by atoms with Gasteiger partial charge in [-0.05, 0) is 43.4 Å². The first-order chi connectivity index (χ1) is 15.4. The van der Waals surface area contributed by atoms with Gasteiger partial charge in [0.2, 0.25) is 11.8 Å². The van der Waals surface area contributed by atoms with Crippen molar-refractivity contribution in [3.8, 4) is 0 Å². The van der Waals surface area contributed by atoms with E-state index in [-0.39, 0.29) is 30.3 Å². The number of hydrogen-bond acceptors (Lipinski definition) is 3. The summed E-state index contributed by atoms with van der Waals surface area (Å²) in [5, 5.41) is 8.69. The number of urea groups is 1. The lowest BCUT2D eigenvalue weighted by Gasteiger charge is -2.32. The predicted octanol–water partition coefficient (Wildman–Crippen LogP) is 3.71. The van der Waals surface area contributed by atoms with E-state index in [0.717, 1.165) is 19.3 Å². The van der Waals surface area contributed by atoms with Gasteiger partial charge in [0.05, 0.1) is 11.4 Å². The molecular weight excluding hydrogens is 404 g/mol. The third-order valence-electron chi connectivity index (χ3n) is 5.89. The third kappa shape index (κ3) is 5.87. The van der Waals surface area contributed by atoms with Crippen molar-refractivity contribution < 1.29 is 14.4 Å². The van der Waals surface area contributed by atoms with Gasteiger partial charge < -0.3 is 16.0 Å². The Morgan fingerprint density at radius 2 is 1.72 bits per heavy atom. The molecule has 0 saturated heterocycles. The number of nitrogens with zero attached hydrogens (tertiary/aromatic N) is 1. The molecule has 2 aromatic rings. The van der Waals surface area contributed by atoms with Crippen molar-refractivity contribution in [2.45, 2.75) is 52.1 Å². The molecule has 2 aromatic carbocycles. The number of para-hydroxylation sites is 2. The SMILES string of the molecule is CC[C@@H](C)[C@H](NC(=O)N1CC(=O)Nc2ccccc21)C(=O)N[C@H](C)CCc1ccccc1. The van der Waals surface area contributed by atoms with Crippen LogP contribution in [0.4, 0.5) is 16.2 Å². The van der Waals surface area contributed by atoms with Crippen molar-refractivity contribution >= 4 is 29.2 Å². The number of nitrogens with one attached hydrogen (secondary N) is 3. The van der Waals surface area contributed by atoms with Crippen molar-refractivity contribution in [3.63, 3.8) is 0 Å². The molecule has 4 amide bonds. The van der Waals surface area contributed by atoms with Gasteiger partial charge in [-0.1, -0.05) is 62.7 Å². The number of rotatable bonds is 8. The number of carbonyl (C=O) groups excluding carboxylic acids is 3. The summed E-state index contributed by atoms with van der Waals surface area (Å²) in [7, 11) is 0. The molecule has 0 fully saturated rings. The van der Waals surface area contributed by atoms with Crippen LogP contribution in [0, 0.1) is 5.92 Å². The molecule has 0 aromatic heterocycles. The molecule has 3 rings (SSSR count). The highest BCUT2D eigenvalue weighted by Gasteiger charge is 2.32. The standard InChI is InChI=1S/C25H32N4O3/c1-4-17(2)23(24(31)26-18(3)14-15-19-10-6-5-7-11-19)28-25(32)29-16-22(30)27-20-12-8-9-13-21(20)29/h5-13,17-18,23H,4,14-16H2,1-3H3,(H,26,31)(H,27,30)(H,28,32)/t17-,18-,23+/m1/s1. The topological polar surface area (TPSA) is 90.5 Å². The number of hydrogen-bond donors (Lipinski definition) is 3. The average molecular weight is 437 g/mol. The van der Waals surface area contributed by atoms with Crippen LogP contribution in [0.15, 0.2) is 54.6 Å². The number of carbonyl (C=O) groups is 3. The normalized spacial score (nSPS) is 15.7. The van der Waals surface area contributed by atoms with Crippen LogP contribution in [-0.4, -0.2) is 36.5 Å². The Morgan fingerprint density at radius 3 is 2.44 bits per heavy atom. The highest BCUT2D eigenvalue weighted by atomic mass is 16.2. The van der Waals surface area contributed by atoms with Gasteiger partial charge in [0, 0.05) is 6.04 Å². The Bertz CT molecular complexity index is 947. The summed E-state index contributed by atoms with van der Waals surface area (Å²) in [6, 6.07) is 16.1. The molecule has 0 radical (unpaired) electrons. The van der Waals surface area contributed by atoms with E-state index in [1.807, 2.05) is 45.0 Å². The van der Waals surface area contributed by atoms with Crippen molar-refractivity contribution in [3.05, 3.63) is 60.2 Å². The van der Waals surface area contributed by atoms with Crippen LogP contribution in [0.25, 0.3) is 0 Å². The van der Waals surface area contributed by atoms with Crippen molar-refractivity contribution in [2.24, 2.45) is 5.92 Å². The van der Waals surface area contributed by atoms with Gasteiger partial charge in [-0.3, -0.25) is 14.5 Å². The number of anilines is 2. The molecule has 7 heteroatoms. The molecular formula is C25H32N4O3. The van der Waals surface area contributed by atoms with Gasteiger partial charge >= 0.3 is 6.03 Å². The lowest BCUT2D eigenvalue weighted by atomic mass is 9.97. The highest BCUT2D eigenvalue weighted by molar-refractivity contribution is 6.10. The molecule has 32 heavy (non-hydrogen) atoms. The van der Waals surface area contributed by atoms with Gasteiger partial charge in [0.15, 0.2) is 0 Å². The number of benzene rings is 2. The van der Waals surface area contributed by atoms with Crippen LogP contribution in [0.5, 0.6) is 0 Å². The van der Waals surface area contributed by atoms with Crippen LogP contribution < -0.4 is 20.9 Å². The maximum absolute atomic E-state index is 13.1. The molecule has 3 atom stereocenters. The highest BCUT2D eigenvalue weighted by Crippen LogP contribution is 2.29. The molecule has 170 valence electrons. The molecule has 0 bridgehead atoms. The fourth-order valence-electron chi connectivity index (χ4n) is 3.76. The molecule has 1 heterocycles. The molecule has 1 aliphatic heterocycles. The number of amides is 4. The van der Waals surface area contributed by atoms with Gasteiger partial charge in [-0.25, -0.2) is 4.79 Å². The lowest BCUT2D eigenvalue weighted by Crippen LogP contribution is -2.56. The summed E-state index contributed by atoms with van der Waals surface area (Å²) in [4.78, 5) is 39.6. The number of aryl methyl sites for hydroxylation is 1. The van der Waals surface area contributed by atoms with Gasteiger partial charge in [0.25, 0.3) is 0 Å². The fraction of sp³-hybridized carbons (Fsp3) is 0.400. The van der Waals surface area contributed by atoms with Gasteiger partial charge in [0.1, 0.15) is 12.6 Å². The fourth-order valence-corrected chi connectivity index (χ4v) is 3.76. The van der Waals surface area contributed by atoms with E-state index in [0.29, 0.717) is 11.4 Å². The summed E-state index contributed by atoms with van der Waals surface area (Å²) < 4.78 is 0. The smallest absolute Gasteiger partial charge is 0.323 e.